The Hall–Kier alpha value is -2.31. The first-order valence-corrected chi connectivity index (χ1v) is 11.3. The van der Waals surface area contributed by atoms with Gasteiger partial charge in [-0.2, -0.15) is 0 Å². The lowest BCUT2D eigenvalue weighted by molar-refractivity contribution is -0.478. The van der Waals surface area contributed by atoms with Gasteiger partial charge >= 0.3 is 7.25 Å². The smallest absolute Gasteiger partial charge is 0.418 e. The number of benzene rings is 2. The van der Waals surface area contributed by atoms with Gasteiger partial charge in [0, 0.05) is 0 Å². The fourth-order valence-corrected chi connectivity index (χ4v) is 5.65. The van der Waals surface area contributed by atoms with Crippen LogP contribution in [0, 0.1) is 41.5 Å². The summed E-state index contributed by atoms with van der Waals surface area (Å²) in [5.41, 5.74) is 11.1. The number of hydrogen-bond donors (Lipinski definition) is 0. The second-order valence-corrected chi connectivity index (χ2v) is 9.34. The zero-order valence-electron chi connectivity index (χ0n) is 19.9. The third-order valence-corrected chi connectivity index (χ3v) is 6.44. The predicted octanol–water partition coefficient (Wildman–Crippen LogP) is 7.34. The lowest BCUT2D eigenvalue weighted by atomic mass is 9.88. The summed E-state index contributed by atoms with van der Waals surface area (Å²) in [7, 11) is -6.00. The summed E-state index contributed by atoms with van der Waals surface area (Å²) in [4.78, 5) is 2.60. The molecule has 0 aromatic heterocycles. The zero-order chi connectivity index (χ0) is 23.8. The summed E-state index contributed by atoms with van der Waals surface area (Å²) < 4.78 is 41.6. The number of aryl methyl sites for hydroxylation is 6. The van der Waals surface area contributed by atoms with E-state index in [0.717, 1.165) is 0 Å². The SMILES string of the molecule is Cc1cc(C)c(N2C=[N+](c3c(C)cc(C)cc3C)C3CCCCC32)c(C)c1.F[B-](F)(F)F. The largest absolute Gasteiger partial charge is 0.673 e. The number of halogens is 4. The maximum atomic E-state index is 9.75. The van der Waals surface area contributed by atoms with Crippen LogP contribution in [0.25, 0.3) is 0 Å². The topological polar surface area (TPSA) is 6.25 Å². The van der Waals surface area contributed by atoms with Gasteiger partial charge in [-0.15, -0.1) is 0 Å². The van der Waals surface area contributed by atoms with E-state index < -0.39 is 7.25 Å². The molecule has 1 aliphatic carbocycles. The maximum Gasteiger partial charge on any atom is 0.673 e. The van der Waals surface area contributed by atoms with Crippen LogP contribution in [0.4, 0.5) is 28.6 Å². The molecule has 2 unspecified atom stereocenters. The number of rotatable bonds is 2. The van der Waals surface area contributed by atoms with Gasteiger partial charge in [-0.1, -0.05) is 35.4 Å². The van der Waals surface area contributed by atoms with Crippen LogP contribution >= 0.6 is 0 Å². The van der Waals surface area contributed by atoms with Crippen molar-refractivity contribution in [2.24, 2.45) is 0 Å². The molecule has 1 saturated carbocycles. The lowest BCUT2D eigenvalue weighted by Gasteiger charge is -2.29. The molecule has 32 heavy (non-hydrogen) atoms. The summed E-state index contributed by atoms with van der Waals surface area (Å²) in [6, 6.07) is 10.5. The summed E-state index contributed by atoms with van der Waals surface area (Å²) >= 11 is 0. The molecule has 2 aromatic rings. The standard InChI is InChI=1S/C25H33N2.BF4/c1-16-11-18(3)24(19(4)12-16)26-15-27(23-10-8-7-9-22(23)26)25-20(5)13-17(2)14-21(25)6;2-1(3,4)5/h11-15,22-23H,7-10H2,1-6H3;/q+1;-1. The van der Waals surface area contributed by atoms with Gasteiger partial charge in [0.2, 0.25) is 6.34 Å². The highest BCUT2D eigenvalue weighted by atomic mass is 19.5. The van der Waals surface area contributed by atoms with E-state index in [2.05, 4.69) is 81.6 Å². The van der Waals surface area contributed by atoms with E-state index in [1.807, 2.05) is 0 Å². The molecule has 1 fully saturated rings. The van der Waals surface area contributed by atoms with Crippen LogP contribution in [0.5, 0.6) is 0 Å². The lowest BCUT2D eigenvalue weighted by Crippen LogP contribution is -2.41. The van der Waals surface area contributed by atoms with Gasteiger partial charge in [-0.05, 0) is 89.5 Å². The Labute approximate surface area is 189 Å². The van der Waals surface area contributed by atoms with Gasteiger partial charge in [-0.25, -0.2) is 9.48 Å². The minimum absolute atomic E-state index is 0.582. The molecule has 0 bridgehead atoms. The first-order chi connectivity index (χ1) is 14.9. The molecule has 2 atom stereocenters. The summed E-state index contributed by atoms with van der Waals surface area (Å²) in [6.07, 6.45) is 7.68. The van der Waals surface area contributed by atoms with Crippen molar-refractivity contribution >= 4 is 25.0 Å². The van der Waals surface area contributed by atoms with Crippen molar-refractivity contribution in [3.8, 4) is 0 Å². The van der Waals surface area contributed by atoms with E-state index in [1.54, 1.807) is 0 Å². The van der Waals surface area contributed by atoms with E-state index in [0.29, 0.717) is 12.1 Å². The number of hydrogen-bond acceptors (Lipinski definition) is 1. The van der Waals surface area contributed by atoms with Gasteiger partial charge in [0.15, 0.2) is 0 Å². The summed E-state index contributed by atoms with van der Waals surface area (Å²) in [6.45, 7) is 13.5. The van der Waals surface area contributed by atoms with Gasteiger partial charge in [0.1, 0.15) is 23.5 Å². The highest BCUT2D eigenvalue weighted by Crippen LogP contribution is 2.39. The van der Waals surface area contributed by atoms with Crippen LogP contribution in [0.2, 0.25) is 0 Å². The third kappa shape index (κ3) is 5.36. The first-order valence-electron chi connectivity index (χ1n) is 11.3. The maximum absolute atomic E-state index is 9.75. The minimum Gasteiger partial charge on any atom is -0.418 e. The molecule has 0 N–H and O–H groups in total. The fraction of sp³-hybridized carbons (Fsp3) is 0.480. The van der Waals surface area contributed by atoms with Gasteiger partial charge in [0.05, 0.1) is 0 Å². The highest BCUT2D eigenvalue weighted by molar-refractivity contribution is 6.50. The van der Waals surface area contributed by atoms with Crippen molar-refractivity contribution in [3.05, 3.63) is 57.6 Å². The van der Waals surface area contributed by atoms with Crippen molar-refractivity contribution in [1.82, 2.24) is 0 Å². The summed E-state index contributed by atoms with van der Waals surface area (Å²) in [5.74, 6) is 0. The normalized spacial score (nSPS) is 20.4. The number of nitrogens with zero attached hydrogens (tertiary/aromatic N) is 2. The zero-order valence-corrected chi connectivity index (χ0v) is 19.9. The minimum atomic E-state index is -6.00. The van der Waals surface area contributed by atoms with Crippen LogP contribution < -0.4 is 4.90 Å². The number of anilines is 1. The molecule has 0 saturated heterocycles. The molecule has 7 heteroatoms. The Morgan fingerprint density at radius 1 is 0.750 bits per heavy atom. The average molecular weight is 448 g/mol. The van der Waals surface area contributed by atoms with E-state index in [4.69, 9.17) is 0 Å². The quantitative estimate of drug-likeness (QED) is 0.265. The molecule has 2 aliphatic rings. The molecule has 1 heterocycles. The van der Waals surface area contributed by atoms with E-state index in [9.17, 15) is 17.3 Å². The van der Waals surface area contributed by atoms with Gasteiger partial charge < -0.3 is 17.3 Å². The molecule has 174 valence electrons. The second kappa shape index (κ2) is 9.28. The first kappa shape index (κ1) is 24.3. The van der Waals surface area contributed by atoms with E-state index >= 15 is 0 Å². The van der Waals surface area contributed by atoms with Gasteiger partial charge in [-0.3, -0.25) is 0 Å². The molecule has 1 aliphatic heterocycles. The molecule has 2 nitrogen and oxygen atoms in total. The van der Waals surface area contributed by atoms with Crippen molar-refractivity contribution < 1.29 is 21.8 Å². The second-order valence-electron chi connectivity index (χ2n) is 9.34. The molecule has 0 amide bonds. The van der Waals surface area contributed by atoms with Crippen LogP contribution in [0.15, 0.2) is 24.3 Å². The Morgan fingerprint density at radius 2 is 1.19 bits per heavy atom. The highest BCUT2D eigenvalue weighted by Gasteiger charge is 2.46. The Kier molecular flexibility index (Phi) is 7.06. The van der Waals surface area contributed by atoms with Crippen LogP contribution in [-0.4, -0.2) is 30.3 Å². The summed E-state index contributed by atoms with van der Waals surface area (Å²) in [5, 5.41) is 0. The van der Waals surface area contributed by atoms with Crippen molar-refractivity contribution in [2.45, 2.75) is 79.3 Å². The van der Waals surface area contributed by atoms with E-state index in [-0.39, 0.29) is 0 Å². The Bertz CT molecular complexity index is 977. The van der Waals surface area contributed by atoms with Crippen LogP contribution in [0.3, 0.4) is 0 Å². The molecular formula is C25H33BF4N2. The molecule has 0 radical (unpaired) electrons. The van der Waals surface area contributed by atoms with Gasteiger partial charge in [0.25, 0.3) is 0 Å². The molecule has 2 aromatic carbocycles. The van der Waals surface area contributed by atoms with Crippen molar-refractivity contribution in [3.63, 3.8) is 0 Å². The Morgan fingerprint density at radius 3 is 1.69 bits per heavy atom. The Balaban J connectivity index is 0.000000523. The molecule has 4 rings (SSSR count). The molecular weight excluding hydrogens is 415 g/mol. The molecule has 0 spiro atoms. The van der Waals surface area contributed by atoms with Crippen molar-refractivity contribution in [2.75, 3.05) is 4.90 Å². The van der Waals surface area contributed by atoms with Crippen molar-refractivity contribution in [1.29, 1.82) is 0 Å². The van der Waals surface area contributed by atoms with Crippen LogP contribution in [0.1, 0.15) is 59.1 Å². The average Bonchev–Trinajstić information content (AvgIpc) is 2.98. The van der Waals surface area contributed by atoms with E-state index in [1.165, 1.54) is 70.4 Å². The van der Waals surface area contributed by atoms with Crippen LogP contribution in [-0.2, 0) is 0 Å². The monoisotopic (exact) mass is 448 g/mol. The fourth-order valence-electron chi connectivity index (χ4n) is 5.65. The number of fused-ring (bicyclic) bond motifs is 1. The third-order valence-electron chi connectivity index (χ3n) is 6.44. The predicted molar refractivity (Wildman–Crippen MR) is 126 cm³/mol.